The maximum Gasteiger partial charge on any atom is 0.127 e. The summed E-state index contributed by atoms with van der Waals surface area (Å²) >= 11 is 3.40. The van der Waals surface area contributed by atoms with Crippen molar-refractivity contribution >= 4 is 15.9 Å². The van der Waals surface area contributed by atoms with Crippen LogP contribution < -0.4 is 0 Å². The van der Waals surface area contributed by atoms with Crippen molar-refractivity contribution in [3.05, 3.63) is 46.3 Å². The van der Waals surface area contributed by atoms with E-state index in [1.54, 1.807) is 0 Å². The Bertz CT molecular complexity index is 486. The minimum Gasteiger partial charge on any atom is -0.233 e. The molecule has 0 fully saturated rings. The molecule has 0 amide bonds. The molecule has 1 aromatic carbocycles. The first-order valence-electron chi connectivity index (χ1n) is 5.79. The van der Waals surface area contributed by atoms with Crippen LogP contribution in [-0.2, 0) is 6.42 Å². The summed E-state index contributed by atoms with van der Waals surface area (Å²) in [6.07, 6.45) is 2.31. The third-order valence-electron chi connectivity index (χ3n) is 2.60. The van der Waals surface area contributed by atoms with Gasteiger partial charge in [-0.1, -0.05) is 37.6 Å². The molecule has 0 bridgehead atoms. The highest BCUT2D eigenvalue weighted by Crippen LogP contribution is 2.21. The Hall–Kier alpha value is -1.22. The van der Waals surface area contributed by atoms with Crippen LogP contribution in [0.3, 0.4) is 0 Å². The predicted octanol–water partition coefficient (Wildman–Crippen LogP) is 4.17. The monoisotopic (exact) mass is 290 g/mol. The van der Waals surface area contributed by atoms with E-state index in [1.807, 2.05) is 13.0 Å². The van der Waals surface area contributed by atoms with E-state index in [0.29, 0.717) is 0 Å². The van der Waals surface area contributed by atoms with Crippen molar-refractivity contribution in [1.82, 2.24) is 9.97 Å². The second-order valence-electron chi connectivity index (χ2n) is 4.07. The molecule has 2 rings (SSSR count). The van der Waals surface area contributed by atoms with Crippen LogP contribution in [0.4, 0.5) is 0 Å². The van der Waals surface area contributed by atoms with Crippen LogP contribution in [0.5, 0.6) is 0 Å². The molecule has 1 aromatic heterocycles. The van der Waals surface area contributed by atoms with Crippen LogP contribution in [0, 0.1) is 6.92 Å². The van der Waals surface area contributed by atoms with Crippen molar-refractivity contribution < 1.29 is 0 Å². The van der Waals surface area contributed by atoms with Gasteiger partial charge in [0.25, 0.3) is 0 Å². The zero-order valence-corrected chi connectivity index (χ0v) is 11.7. The molecule has 0 atom stereocenters. The van der Waals surface area contributed by atoms with Gasteiger partial charge in [-0.05, 0) is 40.9 Å². The minimum absolute atomic E-state index is 0.784. The smallest absolute Gasteiger partial charge is 0.127 e. The van der Waals surface area contributed by atoms with E-state index in [9.17, 15) is 0 Å². The number of hydrogen-bond donors (Lipinski definition) is 0. The minimum atomic E-state index is 0.784. The molecule has 0 N–H and O–H groups in total. The Balaban J connectivity index is 2.32. The van der Waals surface area contributed by atoms with Gasteiger partial charge in [0.1, 0.15) is 10.4 Å². The lowest BCUT2D eigenvalue weighted by Gasteiger charge is -2.04. The fraction of sp³-hybridized carbons (Fsp3) is 0.286. The van der Waals surface area contributed by atoms with Crippen LogP contribution in [0.1, 0.15) is 24.7 Å². The first kappa shape index (κ1) is 12.2. The van der Waals surface area contributed by atoms with Crippen molar-refractivity contribution in [2.45, 2.75) is 26.7 Å². The quantitative estimate of drug-likeness (QED) is 0.793. The Labute approximate surface area is 110 Å². The molecule has 0 saturated heterocycles. The van der Waals surface area contributed by atoms with Gasteiger partial charge >= 0.3 is 0 Å². The summed E-state index contributed by atoms with van der Waals surface area (Å²) in [5, 5.41) is 0. The zero-order chi connectivity index (χ0) is 12.3. The molecule has 0 aliphatic heterocycles. The van der Waals surface area contributed by atoms with E-state index < -0.39 is 0 Å². The average molecular weight is 291 g/mol. The van der Waals surface area contributed by atoms with Crippen LogP contribution in [-0.4, -0.2) is 9.97 Å². The lowest BCUT2D eigenvalue weighted by atomic mass is 10.1. The van der Waals surface area contributed by atoms with Gasteiger partial charge in [0.05, 0.1) is 5.69 Å². The lowest BCUT2D eigenvalue weighted by molar-refractivity contribution is 0.922. The average Bonchev–Trinajstić information content (AvgIpc) is 2.29. The van der Waals surface area contributed by atoms with Crippen molar-refractivity contribution in [2.24, 2.45) is 0 Å². The fourth-order valence-electron chi connectivity index (χ4n) is 1.81. The Morgan fingerprint density at radius 2 is 1.82 bits per heavy atom. The topological polar surface area (TPSA) is 25.8 Å². The molecule has 0 unspecified atom stereocenters. The van der Waals surface area contributed by atoms with Crippen LogP contribution in [0.25, 0.3) is 11.3 Å². The van der Waals surface area contributed by atoms with E-state index in [-0.39, 0.29) is 0 Å². The highest BCUT2D eigenvalue weighted by atomic mass is 79.9. The summed E-state index contributed by atoms with van der Waals surface area (Å²) in [5.74, 6) is 0.784. The largest absolute Gasteiger partial charge is 0.233 e. The van der Waals surface area contributed by atoms with Crippen molar-refractivity contribution in [1.29, 1.82) is 0 Å². The van der Waals surface area contributed by atoms with E-state index in [2.05, 4.69) is 57.1 Å². The molecular weight excluding hydrogens is 276 g/mol. The molecular formula is C14H15BrN2. The van der Waals surface area contributed by atoms with Gasteiger partial charge in [-0.2, -0.15) is 0 Å². The SMILES string of the molecule is CCCc1ccc(-c2cc(Br)nc(C)n2)cc1. The summed E-state index contributed by atoms with van der Waals surface area (Å²) in [4.78, 5) is 8.65. The highest BCUT2D eigenvalue weighted by molar-refractivity contribution is 9.10. The standard InChI is InChI=1S/C14H15BrN2/c1-3-4-11-5-7-12(8-6-11)13-9-14(15)17-10(2)16-13/h5-9H,3-4H2,1-2H3. The van der Waals surface area contributed by atoms with Gasteiger partial charge in [0.2, 0.25) is 0 Å². The molecule has 0 radical (unpaired) electrons. The summed E-state index contributed by atoms with van der Waals surface area (Å²) in [6, 6.07) is 10.5. The highest BCUT2D eigenvalue weighted by Gasteiger charge is 2.02. The summed E-state index contributed by atoms with van der Waals surface area (Å²) in [5.41, 5.74) is 3.48. The van der Waals surface area contributed by atoms with Crippen molar-refractivity contribution in [3.63, 3.8) is 0 Å². The van der Waals surface area contributed by atoms with Crippen LogP contribution in [0.2, 0.25) is 0 Å². The molecule has 88 valence electrons. The van der Waals surface area contributed by atoms with E-state index in [0.717, 1.165) is 28.1 Å². The molecule has 0 saturated carbocycles. The fourth-order valence-corrected chi connectivity index (χ4v) is 2.28. The number of rotatable bonds is 3. The second-order valence-corrected chi connectivity index (χ2v) is 4.88. The number of aryl methyl sites for hydroxylation is 2. The maximum absolute atomic E-state index is 4.44. The lowest BCUT2D eigenvalue weighted by Crippen LogP contribution is -1.92. The number of halogens is 1. The molecule has 0 aliphatic carbocycles. The molecule has 3 heteroatoms. The van der Waals surface area contributed by atoms with Gasteiger partial charge in [-0.25, -0.2) is 9.97 Å². The van der Waals surface area contributed by atoms with Gasteiger partial charge in [0.15, 0.2) is 0 Å². The number of nitrogens with zero attached hydrogens (tertiary/aromatic N) is 2. The van der Waals surface area contributed by atoms with Gasteiger partial charge in [0, 0.05) is 5.56 Å². The molecule has 2 aromatic rings. The van der Waals surface area contributed by atoms with Gasteiger partial charge < -0.3 is 0 Å². The molecule has 0 spiro atoms. The first-order chi connectivity index (χ1) is 8.19. The third kappa shape index (κ3) is 3.13. The van der Waals surface area contributed by atoms with E-state index in [4.69, 9.17) is 0 Å². The maximum atomic E-state index is 4.44. The van der Waals surface area contributed by atoms with Crippen molar-refractivity contribution in [3.8, 4) is 11.3 Å². The Morgan fingerprint density at radius 3 is 2.41 bits per heavy atom. The van der Waals surface area contributed by atoms with E-state index in [1.165, 1.54) is 12.0 Å². The summed E-state index contributed by atoms with van der Waals surface area (Å²) in [7, 11) is 0. The Kier molecular flexibility index (Phi) is 3.89. The third-order valence-corrected chi connectivity index (χ3v) is 3.00. The number of hydrogen-bond acceptors (Lipinski definition) is 2. The second kappa shape index (κ2) is 5.41. The van der Waals surface area contributed by atoms with Crippen molar-refractivity contribution in [2.75, 3.05) is 0 Å². The summed E-state index contributed by atoms with van der Waals surface area (Å²) < 4.78 is 0.831. The van der Waals surface area contributed by atoms with Crippen LogP contribution in [0.15, 0.2) is 34.9 Å². The Morgan fingerprint density at radius 1 is 1.12 bits per heavy atom. The van der Waals surface area contributed by atoms with Gasteiger partial charge in [-0.15, -0.1) is 0 Å². The molecule has 2 nitrogen and oxygen atoms in total. The molecule has 0 aliphatic rings. The first-order valence-corrected chi connectivity index (χ1v) is 6.59. The molecule has 17 heavy (non-hydrogen) atoms. The summed E-state index contributed by atoms with van der Waals surface area (Å²) in [6.45, 7) is 4.10. The molecule has 1 heterocycles. The van der Waals surface area contributed by atoms with E-state index >= 15 is 0 Å². The predicted molar refractivity (Wildman–Crippen MR) is 73.9 cm³/mol. The number of benzene rings is 1. The zero-order valence-electron chi connectivity index (χ0n) is 10.1. The number of aromatic nitrogens is 2. The normalized spacial score (nSPS) is 10.5. The van der Waals surface area contributed by atoms with Gasteiger partial charge in [-0.3, -0.25) is 0 Å². The van der Waals surface area contributed by atoms with Crippen LogP contribution >= 0.6 is 15.9 Å².